The Morgan fingerprint density at radius 3 is 2.62 bits per heavy atom. The van der Waals surface area contributed by atoms with Gasteiger partial charge in [0.25, 0.3) is 0 Å². The SMILES string of the molecule is CC1CC(C)C(CN2CC3CCCCN3CC2C)C(N)C1. The van der Waals surface area contributed by atoms with Crippen molar-refractivity contribution in [2.45, 2.75) is 71.0 Å². The monoisotopic (exact) mass is 293 g/mol. The Morgan fingerprint density at radius 1 is 1.05 bits per heavy atom. The highest BCUT2D eigenvalue weighted by Gasteiger charge is 2.37. The van der Waals surface area contributed by atoms with E-state index in [9.17, 15) is 0 Å². The van der Waals surface area contributed by atoms with Gasteiger partial charge >= 0.3 is 0 Å². The first kappa shape index (κ1) is 15.8. The van der Waals surface area contributed by atoms with E-state index in [2.05, 4.69) is 30.6 Å². The van der Waals surface area contributed by atoms with E-state index in [-0.39, 0.29) is 0 Å². The maximum Gasteiger partial charge on any atom is 0.0223 e. The molecule has 21 heavy (non-hydrogen) atoms. The van der Waals surface area contributed by atoms with Crippen LogP contribution in [0.25, 0.3) is 0 Å². The molecule has 0 radical (unpaired) electrons. The summed E-state index contributed by atoms with van der Waals surface area (Å²) < 4.78 is 0. The van der Waals surface area contributed by atoms with Crippen molar-refractivity contribution < 1.29 is 0 Å². The van der Waals surface area contributed by atoms with Crippen LogP contribution in [0.1, 0.15) is 52.9 Å². The van der Waals surface area contributed by atoms with Gasteiger partial charge in [-0.25, -0.2) is 0 Å². The summed E-state index contributed by atoms with van der Waals surface area (Å²) in [7, 11) is 0. The molecule has 3 fully saturated rings. The summed E-state index contributed by atoms with van der Waals surface area (Å²) in [5.74, 6) is 2.32. The van der Waals surface area contributed by atoms with Crippen LogP contribution in [0, 0.1) is 17.8 Å². The number of hydrogen-bond donors (Lipinski definition) is 1. The first-order valence-electron chi connectivity index (χ1n) is 9.28. The minimum atomic E-state index is 0.417. The summed E-state index contributed by atoms with van der Waals surface area (Å²) in [4.78, 5) is 5.51. The molecule has 122 valence electrons. The van der Waals surface area contributed by atoms with Gasteiger partial charge in [-0.3, -0.25) is 9.80 Å². The second kappa shape index (κ2) is 6.55. The summed E-state index contributed by atoms with van der Waals surface area (Å²) in [6, 6.07) is 1.95. The van der Waals surface area contributed by atoms with Crippen LogP contribution < -0.4 is 5.73 Å². The highest BCUT2D eigenvalue weighted by Crippen LogP contribution is 2.34. The fraction of sp³-hybridized carbons (Fsp3) is 1.00. The van der Waals surface area contributed by atoms with Crippen molar-refractivity contribution in [3.63, 3.8) is 0 Å². The van der Waals surface area contributed by atoms with Crippen molar-refractivity contribution >= 4 is 0 Å². The molecule has 3 aliphatic rings. The molecular weight excluding hydrogens is 258 g/mol. The van der Waals surface area contributed by atoms with E-state index in [1.165, 1.54) is 58.3 Å². The highest BCUT2D eigenvalue weighted by molar-refractivity contribution is 4.93. The Hall–Kier alpha value is -0.120. The molecule has 6 atom stereocenters. The zero-order chi connectivity index (χ0) is 15.0. The van der Waals surface area contributed by atoms with Crippen LogP contribution in [0.15, 0.2) is 0 Å². The zero-order valence-corrected chi connectivity index (χ0v) is 14.3. The number of nitrogens with zero attached hydrogens (tertiary/aromatic N) is 2. The van der Waals surface area contributed by atoms with E-state index >= 15 is 0 Å². The molecule has 1 aliphatic carbocycles. The molecule has 3 rings (SSSR count). The third-order valence-electron chi connectivity index (χ3n) is 6.49. The molecule has 6 unspecified atom stereocenters. The van der Waals surface area contributed by atoms with Crippen LogP contribution in [0.2, 0.25) is 0 Å². The van der Waals surface area contributed by atoms with Crippen molar-refractivity contribution in [1.29, 1.82) is 0 Å². The Kier molecular flexibility index (Phi) is 4.92. The molecule has 3 heteroatoms. The molecule has 2 saturated heterocycles. The number of piperazine rings is 1. The van der Waals surface area contributed by atoms with Gasteiger partial charge in [-0.05, 0) is 56.9 Å². The lowest BCUT2D eigenvalue weighted by molar-refractivity contribution is -0.00500. The van der Waals surface area contributed by atoms with Gasteiger partial charge in [-0.1, -0.05) is 20.3 Å². The Morgan fingerprint density at radius 2 is 1.86 bits per heavy atom. The van der Waals surface area contributed by atoms with Crippen LogP contribution in [0.5, 0.6) is 0 Å². The molecule has 0 aromatic heterocycles. The Labute approximate surface area is 131 Å². The van der Waals surface area contributed by atoms with Crippen molar-refractivity contribution in [3.05, 3.63) is 0 Å². The predicted octanol–water partition coefficient (Wildman–Crippen LogP) is 2.55. The van der Waals surface area contributed by atoms with Gasteiger partial charge in [0, 0.05) is 37.8 Å². The molecule has 0 aromatic carbocycles. The number of piperidine rings is 1. The Bertz CT molecular complexity index is 333. The second-order valence-electron chi connectivity index (χ2n) is 8.33. The molecule has 0 amide bonds. The van der Waals surface area contributed by atoms with Gasteiger partial charge in [-0.2, -0.15) is 0 Å². The molecule has 0 bridgehead atoms. The first-order valence-corrected chi connectivity index (χ1v) is 9.28. The third-order valence-corrected chi connectivity index (χ3v) is 6.49. The summed E-state index contributed by atoms with van der Waals surface area (Å²) in [6.45, 7) is 12.4. The number of rotatable bonds is 2. The molecular formula is C18H35N3. The van der Waals surface area contributed by atoms with Crippen molar-refractivity contribution in [2.75, 3.05) is 26.2 Å². The average molecular weight is 293 g/mol. The van der Waals surface area contributed by atoms with Gasteiger partial charge in [0.1, 0.15) is 0 Å². The van der Waals surface area contributed by atoms with Crippen molar-refractivity contribution in [2.24, 2.45) is 23.5 Å². The molecule has 1 saturated carbocycles. The lowest BCUT2D eigenvalue weighted by Gasteiger charge is -2.50. The fourth-order valence-electron chi connectivity index (χ4n) is 5.22. The van der Waals surface area contributed by atoms with E-state index in [0.717, 1.165) is 17.9 Å². The third kappa shape index (κ3) is 3.46. The topological polar surface area (TPSA) is 32.5 Å². The van der Waals surface area contributed by atoms with Crippen molar-refractivity contribution in [3.8, 4) is 0 Å². The summed E-state index contributed by atoms with van der Waals surface area (Å²) in [6.07, 6.45) is 6.85. The maximum atomic E-state index is 6.52. The van der Waals surface area contributed by atoms with Crippen LogP contribution >= 0.6 is 0 Å². The predicted molar refractivity (Wildman–Crippen MR) is 89.3 cm³/mol. The van der Waals surface area contributed by atoms with Gasteiger partial charge in [0.05, 0.1) is 0 Å². The zero-order valence-electron chi connectivity index (χ0n) is 14.3. The van der Waals surface area contributed by atoms with E-state index in [0.29, 0.717) is 18.0 Å². The van der Waals surface area contributed by atoms with Crippen LogP contribution in [-0.4, -0.2) is 54.1 Å². The summed E-state index contributed by atoms with van der Waals surface area (Å²) in [5.41, 5.74) is 6.52. The van der Waals surface area contributed by atoms with E-state index in [1.54, 1.807) is 0 Å². The smallest absolute Gasteiger partial charge is 0.0223 e. The normalized spacial score (nSPS) is 46.3. The van der Waals surface area contributed by atoms with E-state index in [4.69, 9.17) is 5.73 Å². The molecule has 2 aliphatic heterocycles. The molecule has 2 heterocycles. The summed E-state index contributed by atoms with van der Waals surface area (Å²) >= 11 is 0. The van der Waals surface area contributed by atoms with Crippen LogP contribution in [0.4, 0.5) is 0 Å². The number of nitrogens with two attached hydrogens (primary N) is 1. The quantitative estimate of drug-likeness (QED) is 0.849. The highest BCUT2D eigenvalue weighted by atomic mass is 15.3. The fourth-order valence-corrected chi connectivity index (χ4v) is 5.22. The van der Waals surface area contributed by atoms with Crippen LogP contribution in [-0.2, 0) is 0 Å². The molecule has 2 N–H and O–H groups in total. The largest absolute Gasteiger partial charge is 0.327 e. The average Bonchev–Trinajstić information content (AvgIpc) is 2.43. The minimum Gasteiger partial charge on any atom is -0.327 e. The molecule has 3 nitrogen and oxygen atoms in total. The van der Waals surface area contributed by atoms with Crippen LogP contribution in [0.3, 0.4) is 0 Å². The van der Waals surface area contributed by atoms with Gasteiger partial charge in [0.2, 0.25) is 0 Å². The molecule has 0 aromatic rings. The minimum absolute atomic E-state index is 0.417. The second-order valence-corrected chi connectivity index (χ2v) is 8.33. The lowest BCUT2D eigenvalue weighted by atomic mass is 9.72. The van der Waals surface area contributed by atoms with Gasteiger partial charge in [-0.15, -0.1) is 0 Å². The maximum absolute atomic E-state index is 6.52. The Balaban J connectivity index is 1.61. The van der Waals surface area contributed by atoms with E-state index < -0.39 is 0 Å². The molecule has 0 spiro atoms. The number of hydrogen-bond acceptors (Lipinski definition) is 3. The summed E-state index contributed by atoms with van der Waals surface area (Å²) in [5, 5.41) is 0. The standard InChI is InChI=1S/C18H35N3/c1-13-8-14(2)17(18(19)9-13)12-21-11-16-6-4-5-7-20(16)10-15(21)3/h13-18H,4-12,19H2,1-3H3. The van der Waals surface area contributed by atoms with Gasteiger partial charge < -0.3 is 5.73 Å². The van der Waals surface area contributed by atoms with Gasteiger partial charge in [0.15, 0.2) is 0 Å². The lowest BCUT2D eigenvalue weighted by Crippen LogP contribution is -2.60. The van der Waals surface area contributed by atoms with Crippen molar-refractivity contribution in [1.82, 2.24) is 9.80 Å². The first-order chi connectivity index (χ1) is 10.0. The van der Waals surface area contributed by atoms with E-state index in [1.807, 2.05) is 0 Å². The number of fused-ring (bicyclic) bond motifs is 1.